The van der Waals surface area contributed by atoms with E-state index < -0.39 is 9.84 Å². The molecule has 0 radical (unpaired) electrons. The van der Waals surface area contributed by atoms with Gasteiger partial charge in [0.1, 0.15) is 0 Å². The largest absolute Gasteiger partial charge is 0.419 e. The number of rotatable bonds is 4. The highest BCUT2D eigenvalue weighted by Gasteiger charge is 2.32. The second kappa shape index (κ2) is 6.78. The lowest BCUT2D eigenvalue weighted by atomic mass is 10.2. The van der Waals surface area contributed by atoms with Crippen molar-refractivity contribution in [1.29, 1.82) is 0 Å². The van der Waals surface area contributed by atoms with Crippen LogP contribution in [0.3, 0.4) is 0 Å². The molecule has 0 spiro atoms. The summed E-state index contributed by atoms with van der Waals surface area (Å²) in [5, 5.41) is 0.563. The molecule has 0 unspecified atom stereocenters. The van der Waals surface area contributed by atoms with Crippen LogP contribution in [0.25, 0.3) is 11.5 Å². The first-order valence-electron chi connectivity index (χ1n) is 8.37. The van der Waals surface area contributed by atoms with E-state index in [2.05, 4.69) is 4.98 Å². The molecule has 1 aliphatic rings. The van der Waals surface area contributed by atoms with E-state index in [1.54, 1.807) is 54.6 Å². The number of hydrogen-bond acceptors (Lipinski definition) is 5. The first-order valence-corrected chi connectivity index (χ1v) is 10.2. The van der Waals surface area contributed by atoms with Crippen molar-refractivity contribution in [1.82, 2.24) is 4.98 Å². The van der Waals surface area contributed by atoms with Crippen molar-refractivity contribution >= 4 is 27.3 Å². The highest BCUT2D eigenvalue weighted by Crippen LogP contribution is 2.36. The molecule has 5 nitrogen and oxygen atoms in total. The number of benzene rings is 2. The van der Waals surface area contributed by atoms with Gasteiger partial charge in [0.05, 0.1) is 4.90 Å². The van der Waals surface area contributed by atoms with E-state index in [0.29, 0.717) is 16.5 Å². The third-order valence-corrected chi connectivity index (χ3v) is 6.29. The SMILES string of the molecule is O=S(=O)(c1ccccc1)c1nc(-c2ccc(Cl)cc2)oc1N1CCCC1. The minimum atomic E-state index is -3.77. The zero-order valence-corrected chi connectivity index (χ0v) is 15.5. The topological polar surface area (TPSA) is 63.4 Å². The molecular formula is C19H17ClN2O3S. The number of sulfone groups is 1. The lowest BCUT2D eigenvalue weighted by molar-refractivity contribution is 0.556. The molecule has 1 aromatic heterocycles. The number of hydrogen-bond donors (Lipinski definition) is 0. The predicted octanol–water partition coefficient (Wildman–Crippen LogP) is 4.43. The van der Waals surface area contributed by atoms with Crippen LogP contribution in [0.1, 0.15) is 12.8 Å². The first kappa shape index (κ1) is 17.1. The van der Waals surface area contributed by atoms with Gasteiger partial charge < -0.3 is 9.32 Å². The maximum Gasteiger partial charge on any atom is 0.236 e. The van der Waals surface area contributed by atoms with Gasteiger partial charge in [0.2, 0.25) is 26.6 Å². The van der Waals surface area contributed by atoms with Crippen molar-refractivity contribution in [2.45, 2.75) is 22.8 Å². The van der Waals surface area contributed by atoms with E-state index in [1.807, 2.05) is 4.90 Å². The minimum absolute atomic E-state index is 0.0319. The Morgan fingerprint density at radius 2 is 1.62 bits per heavy atom. The van der Waals surface area contributed by atoms with Crippen molar-refractivity contribution in [3.63, 3.8) is 0 Å². The molecule has 1 fully saturated rings. The van der Waals surface area contributed by atoms with Crippen molar-refractivity contribution in [2.24, 2.45) is 0 Å². The van der Waals surface area contributed by atoms with Crippen molar-refractivity contribution < 1.29 is 12.8 Å². The van der Waals surface area contributed by atoms with Gasteiger partial charge in [-0.05, 0) is 49.2 Å². The Labute approximate surface area is 157 Å². The quantitative estimate of drug-likeness (QED) is 0.661. The van der Waals surface area contributed by atoms with E-state index in [4.69, 9.17) is 16.0 Å². The lowest BCUT2D eigenvalue weighted by Crippen LogP contribution is -2.19. The number of halogens is 1. The van der Waals surface area contributed by atoms with Crippen LogP contribution < -0.4 is 4.90 Å². The number of oxazole rings is 1. The molecule has 0 atom stereocenters. The van der Waals surface area contributed by atoms with Crippen LogP contribution in [-0.4, -0.2) is 26.5 Å². The van der Waals surface area contributed by atoms with Crippen LogP contribution in [0.2, 0.25) is 5.02 Å². The summed E-state index contributed by atoms with van der Waals surface area (Å²) in [4.78, 5) is 6.52. The average Bonchev–Trinajstić information content (AvgIpc) is 3.33. The van der Waals surface area contributed by atoms with Gasteiger partial charge in [0.15, 0.2) is 0 Å². The fourth-order valence-corrected chi connectivity index (χ4v) is 4.49. The van der Waals surface area contributed by atoms with E-state index in [1.165, 1.54) is 0 Å². The zero-order valence-electron chi connectivity index (χ0n) is 13.9. The summed E-state index contributed by atoms with van der Waals surface area (Å²) in [6, 6.07) is 15.3. The lowest BCUT2D eigenvalue weighted by Gasteiger charge is -2.14. The van der Waals surface area contributed by atoms with Gasteiger partial charge in [0.25, 0.3) is 0 Å². The molecule has 1 aliphatic heterocycles. The van der Waals surface area contributed by atoms with E-state index in [-0.39, 0.29) is 15.8 Å². The van der Waals surface area contributed by atoms with Crippen LogP contribution in [-0.2, 0) is 9.84 Å². The van der Waals surface area contributed by atoms with Gasteiger partial charge in [-0.3, -0.25) is 0 Å². The Morgan fingerprint density at radius 3 is 2.27 bits per heavy atom. The normalized spacial score (nSPS) is 14.7. The van der Waals surface area contributed by atoms with Crippen molar-refractivity contribution in [2.75, 3.05) is 18.0 Å². The standard InChI is InChI=1S/C19H17ClN2O3S/c20-15-10-8-14(9-11-15)17-21-18(19(25-17)22-12-4-5-13-22)26(23,24)16-6-2-1-3-7-16/h1-3,6-11H,4-5,12-13H2. The minimum Gasteiger partial charge on any atom is -0.419 e. The average molecular weight is 389 g/mol. The fourth-order valence-electron chi connectivity index (χ4n) is 3.02. The molecule has 0 aliphatic carbocycles. The van der Waals surface area contributed by atoms with Crippen molar-refractivity contribution in [3.05, 3.63) is 59.6 Å². The maximum atomic E-state index is 13.1. The van der Waals surface area contributed by atoms with E-state index in [0.717, 1.165) is 25.9 Å². The Balaban J connectivity index is 1.86. The van der Waals surface area contributed by atoms with Gasteiger partial charge in [0, 0.05) is 23.7 Å². The van der Waals surface area contributed by atoms with Gasteiger partial charge in [-0.25, -0.2) is 8.42 Å². The van der Waals surface area contributed by atoms with Crippen LogP contribution >= 0.6 is 11.6 Å². The molecule has 0 amide bonds. The number of nitrogens with zero attached hydrogens (tertiary/aromatic N) is 2. The van der Waals surface area contributed by atoms with E-state index in [9.17, 15) is 8.42 Å². The van der Waals surface area contributed by atoms with Gasteiger partial charge >= 0.3 is 0 Å². The summed E-state index contributed by atoms with van der Waals surface area (Å²) in [7, 11) is -3.77. The van der Waals surface area contributed by atoms with Crippen LogP contribution in [0.4, 0.5) is 5.88 Å². The Bertz CT molecular complexity index is 1010. The van der Waals surface area contributed by atoms with E-state index >= 15 is 0 Å². The molecule has 3 aromatic rings. The summed E-state index contributed by atoms with van der Waals surface area (Å²) in [5.74, 6) is 0.592. The molecule has 0 N–H and O–H groups in total. The number of anilines is 1. The van der Waals surface area contributed by atoms with Crippen LogP contribution in [0.5, 0.6) is 0 Å². The molecule has 0 bridgehead atoms. The number of aromatic nitrogens is 1. The summed E-state index contributed by atoms with van der Waals surface area (Å²) >= 11 is 5.94. The Hall–Kier alpha value is -2.31. The third kappa shape index (κ3) is 3.10. The Morgan fingerprint density at radius 1 is 0.962 bits per heavy atom. The maximum absolute atomic E-state index is 13.1. The molecule has 2 aromatic carbocycles. The predicted molar refractivity (Wildman–Crippen MR) is 100 cm³/mol. The summed E-state index contributed by atoms with van der Waals surface area (Å²) < 4.78 is 32.2. The summed E-state index contributed by atoms with van der Waals surface area (Å²) in [6.45, 7) is 1.51. The molecule has 0 saturated carbocycles. The summed E-state index contributed by atoms with van der Waals surface area (Å²) in [6.07, 6.45) is 2.00. The second-order valence-corrected chi connectivity index (χ2v) is 8.45. The third-order valence-electron chi connectivity index (χ3n) is 4.37. The monoisotopic (exact) mass is 388 g/mol. The smallest absolute Gasteiger partial charge is 0.236 e. The second-order valence-electron chi connectivity index (χ2n) is 6.15. The van der Waals surface area contributed by atoms with Gasteiger partial charge in [-0.1, -0.05) is 29.8 Å². The molecule has 2 heterocycles. The van der Waals surface area contributed by atoms with Gasteiger partial charge in [-0.15, -0.1) is 0 Å². The highest BCUT2D eigenvalue weighted by atomic mass is 35.5. The molecule has 4 rings (SSSR count). The zero-order chi connectivity index (χ0) is 18.1. The highest BCUT2D eigenvalue weighted by molar-refractivity contribution is 7.91. The van der Waals surface area contributed by atoms with Gasteiger partial charge in [-0.2, -0.15) is 4.98 Å². The van der Waals surface area contributed by atoms with Crippen molar-refractivity contribution in [3.8, 4) is 11.5 Å². The van der Waals surface area contributed by atoms with Crippen LogP contribution in [0, 0.1) is 0 Å². The molecule has 134 valence electrons. The molecule has 7 heteroatoms. The first-order chi connectivity index (χ1) is 12.6. The molecule has 26 heavy (non-hydrogen) atoms. The van der Waals surface area contributed by atoms with Crippen LogP contribution in [0.15, 0.2) is 68.9 Å². The Kier molecular flexibility index (Phi) is 4.46. The fraction of sp³-hybridized carbons (Fsp3) is 0.211. The molecular weight excluding hydrogens is 372 g/mol. The molecule has 1 saturated heterocycles. The summed E-state index contributed by atoms with van der Waals surface area (Å²) in [5.41, 5.74) is 0.685.